The van der Waals surface area contributed by atoms with Crippen LogP contribution in [0.3, 0.4) is 0 Å². The van der Waals surface area contributed by atoms with Crippen LogP contribution in [0.2, 0.25) is 0 Å². The summed E-state index contributed by atoms with van der Waals surface area (Å²) in [4.78, 5) is 28.1. The number of carbonyl (C=O) groups is 2. The summed E-state index contributed by atoms with van der Waals surface area (Å²) in [6, 6.07) is 15.5. The number of amides is 1. The van der Waals surface area contributed by atoms with Crippen LogP contribution in [0.25, 0.3) is 10.1 Å². The van der Waals surface area contributed by atoms with Crippen LogP contribution in [0.15, 0.2) is 54.6 Å². The quantitative estimate of drug-likeness (QED) is 0.625. The number of hydrogen-bond donors (Lipinski definition) is 0. The second kappa shape index (κ2) is 7.00. The predicted molar refractivity (Wildman–Crippen MR) is 101 cm³/mol. The second-order valence-electron chi connectivity index (χ2n) is 6.61. The molecule has 1 aliphatic heterocycles. The van der Waals surface area contributed by atoms with Gasteiger partial charge in [0.05, 0.1) is 4.88 Å². The number of ketones is 1. The Morgan fingerprint density at radius 2 is 1.85 bits per heavy atom. The fraction of sp³-hybridized carbons (Fsp3) is 0.238. The molecule has 0 radical (unpaired) electrons. The highest BCUT2D eigenvalue weighted by Gasteiger charge is 2.30. The van der Waals surface area contributed by atoms with Gasteiger partial charge < -0.3 is 4.90 Å². The molecule has 3 aromatic rings. The standard InChI is InChI=1S/C21H18FNO2S/c22-17-9-7-14(8-10-17)20(24)16-5-3-11-23(13-16)21(25)19-12-15-4-1-2-6-18(15)26-19/h1-2,4,6-10,12,16H,3,5,11,13H2. The van der Waals surface area contributed by atoms with E-state index in [-0.39, 0.29) is 23.4 Å². The number of nitrogens with zero attached hydrogens (tertiary/aromatic N) is 1. The minimum Gasteiger partial charge on any atom is -0.337 e. The molecule has 2 heterocycles. The zero-order chi connectivity index (χ0) is 18.1. The highest BCUT2D eigenvalue weighted by atomic mass is 32.1. The molecule has 1 fully saturated rings. The summed E-state index contributed by atoms with van der Waals surface area (Å²) in [7, 11) is 0. The van der Waals surface area contributed by atoms with E-state index >= 15 is 0 Å². The Kier molecular flexibility index (Phi) is 4.55. The molecule has 0 saturated carbocycles. The number of piperidine rings is 1. The van der Waals surface area contributed by atoms with Gasteiger partial charge in [-0.05, 0) is 54.6 Å². The van der Waals surface area contributed by atoms with Crippen molar-refractivity contribution in [3.05, 3.63) is 70.9 Å². The van der Waals surface area contributed by atoms with E-state index in [1.165, 1.54) is 35.6 Å². The first-order valence-electron chi connectivity index (χ1n) is 8.69. The van der Waals surface area contributed by atoms with E-state index in [1.54, 1.807) is 4.90 Å². The molecule has 1 aromatic heterocycles. The third-order valence-corrected chi connectivity index (χ3v) is 5.95. The van der Waals surface area contributed by atoms with Crippen LogP contribution in [-0.2, 0) is 0 Å². The highest BCUT2D eigenvalue weighted by Crippen LogP contribution is 2.28. The second-order valence-corrected chi connectivity index (χ2v) is 7.69. The molecule has 26 heavy (non-hydrogen) atoms. The van der Waals surface area contributed by atoms with Gasteiger partial charge in [0.15, 0.2) is 5.78 Å². The maximum Gasteiger partial charge on any atom is 0.263 e. The van der Waals surface area contributed by atoms with Gasteiger partial charge in [-0.1, -0.05) is 18.2 Å². The fourth-order valence-electron chi connectivity index (χ4n) is 3.47. The maximum absolute atomic E-state index is 13.1. The van der Waals surface area contributed by atoms with Gasteiger partial charge in [-0.25, -0.2) is 4.39 Å². The van der Waals surface area contributed by atoms with Crippen LogP contribution >= 0.6 is 11.3 Å². The monoisotopic (exact) mass is 367 g/mol. The summed E-state index contributed by atoms with van der Waals surface area (Å²) < 4.78 is 14.2. The van der Waals surface area contributed by atoms with Crippen molar-refractivity contribution < 1.29 is 14.0 Å². The van der Waals surface area contributed by atoms with Crippen molar-refractivity contribution in [1.82, 2.24) is 4.90 Å². The molecule has 0 bridgehead atoms. The molecule has 0 N–H and O–H groups in total. The zero-order valence-electron chi connectivity index (χ0n) is 14.2. The molecular weight excluding hydrogens is 349 g/mol. The molecule has 1 amide bonds. The smallest absolute Gasteiger partial charge is 0.263 e. The number of Topliss-reactive ketones (excluding diaryl/α,β-unsaturated/α-hetero) is 1. The van der Waals surface area contributed by atoms with Crippen molar-refractivity contribution in [2.24, 2.45) is 5.92 Å². The number of hydrogen-bond acceptors (Lipinski definition) is 3. The number of halogens is 1. The van der Waals surface area contributed by atoms with Crippen molar-refractivity contribution in [1.29, 1.82) is 0 Å². The van der Waals surface area contributed by atoms with Crippen molar-refractivity contribution in [2.75, 3.05) is 13.1 Å². The maximum atomic E-state index is 13.1. The molecule has 1 atom stereocenters. The molecule has 132 valence electrons. The van der Waals surface area contributed by atoms with Crippen molar-refractivity contribution in [2.45, 2.75) is 12.8 Å². The van der Waals surface area contributed by atoms with Gasteiger partial charge in [0.25, 0.3) is 5.91 Å². The molecule has 0 aliphatic carbocycles. The third-order valence-electron chi connectivity index (χ3n) is 4.84. The Morgan fingerprint density at radius 3 is 2.62 bits per heavy atom. The molecule has 1 unspecified atom stereocenters. The SMILES string of the molecule is O=C(c1ccc(F)cc1)C1CCCN(C(=O)c2cc3ccccc3s2)C1. The van der Waals surface area contributed by atoms with Gasteiger partial charge in [-0.2, -0.15) is 0 Å². The van der Waals surface area contributed by atoms with E-state index < -0.39 is 0 Å². The van der Waals surface area contributed by atoms with Gasteiger partial charge in [0, 0.05) is 29.3 Å². The van der Waals surface area contributed by atoms with E-state index in [2.05, 4.69) is 0 Å². The lowest BCUT2D eigenvalue weighted by molar-refractivity contribution is 0.0641. The summed E-state index contributed by atoms with van der Waals surface area (Å²) in [5.41, 5.74) is 0.507. The van der Waals surface area contributed by atoms with Gasteiger partial charge in [-0.15, -0.1) is 11.3 Å². The summed E-state index contributed by atoms with van der Waals surface area (Å²) in [5, 5.41) is 1.07. The molecule has 2 aromatic carbocycles. The molecule has 1 aliphatic rings. The summed E-state index contributed by atoms with van der Waals surface area (Å²) in [5.74, 6) is -0.610. The average molecular weight is 367 g/mol. The lowest BCUT2D eigenvalue weighted by Gasteiger charge is -2.31. The van der Waals surface area contributed by atoms with Crippen molar-refractivity contribution in [3.63, 3.8) is 0 Å². The van der Waals surface area contributed by atoms with Crippen molar-refractivity contribution in [3.8, 4) is 0 Å². The van der Waals surface area contributed by atoms with Gasteiger partial charge in [0.2, 0.25) is 0 Å². The van der Waals surface area contributed by atoms with E-state index in [0.717, 1.165) is 22.9 Å². The van der Waals surface area contributed by atoms with Crippen LogP contribution in [0, 0.1) is 11.7 Å². The van der Waals surface area contributed by atoms with Crippen LogP contribution in [-0.4, -0.2) is 29.7 Å². The number of rotatable bonds is 3. The van der Waals surface area contributed by atoms with Crippen LogP contribution in [0.4, 0.5) is 4.39 Å². The van der Waals surface area contributed by atoms with Gasteiger partial charge in [-0.3, -0.25) is 9.59 Å². The number of thiophene rings is 1. The fourth-order valence-corrected chi connectivity index (χ4v) is 4.50. The summed E-state index contributed by atoms with van der Waals surface area (Å²) >= 11 is 1.49. The van der Waals surface area contributed by atoms with Crippen molar-refractivity contribution >= 4 is 33.1 Å². The lowest BCUT2D eigenvalue weighted by Crippen LogP contribution is -2.42. The number of fused-ring (bicyclic) bond motifs is 1. The van der Waals surface area contributed by atoms with Gasteiger partial charge >= 0.3 is 0 Å². The van der Waals surface area contributed by atoms with Crippen LogP contribution in [0.1, 0.15) is 32.9 Å². The molecule has 3 nitrogen and oxygen atoms in total. The number of likely N-dealkylation sites (tertiary alicyclic amines) is 1. The topological polar surface area (TPSA) is 37.4 Å². The minimum absolute atomic E-state index is 0.0113. The normalized spacial score (nSPS) is 17.4. The van der Waals surface area contributed by atoms with E-state index in [4.69, 9.17) is 0 Å². The van der Waals surface area contributed by atoms with E-state index in [1.807, 2.05) is 30.3 Å². The van der Waals surface area contributed by atoms with Gasteiger partial charge in [0.1, 0.15) is 5.82 Å². The first-order valence-corrected chi connectivity index (χ1v) is 9.51. The van der Waals surface area contributed by atoms with E-state index in [9.17, 15) is 14.0 Å². The first kappa shape index (κ1) is 16.9. The first-order chi connectivity index (χ1) is 12.6. The third kappa shape index (κ3) is 3.27. The summed E-state index contributed by atoms with van der Waals surface area (Å²) in [6.45, 7) is 1.09. The Balaban J connectivity index is 1.51. The Morgan fingerprint density at radius 1 is 1.08 bits per heavy atom. The Hall–Kier alpha value is -2.53. The predicted octanol–water partition coefficient (Wildman–Crippen LogP) is 4.78. The summed E-state index contributed by atoms with van der Waals surface area (Å²) in [6.07, 6.45) is 1.56. The number of carbonyl (C=O) groups excluding carboxylic acids is 2. The largest absolute Gasteiger partial charge is 0.337 e. The lowest BCUT2D eigenvalue weighted by atomic mass is 9.90. The van der Waals surface area contributed by atoms with Crippen LogP contribution in [0.5, 0.6) is 0 Å². The van der Waals surface area contributed by atoms with E-state index in [0.29, 0.717) is 23.5 Å². The molecule has 5 heteroatoms. The molecule has 0 spiro atoms. The Labute approximate surface area is 155 Å². The number of benzene rings is 2. The van der Waals surface area contributed by atoms with Crippen LogP contribution < -0.4 is 0 Å². The zero-order valence-corrected chi connectivity index (χ0v) is 15.0. The minimum atomic E-state index is -0.355. The highest BCUT2D eigenvalue weighted by molar-refractivity contribution is 7.20. The average Bonchev–Trinajstić information content (AvgIpc) is 3.12. The molecular formula is C21H18FNO2S. The molecule has 1 saturated heterocycles. The molecule has 4 rings (SSSR count). The Bertz CT molecular complexity index is 931.